The van der Waals surface area contributed by atoms with Gasteiger partial charge in [-0.15, -0.1) is 0 Å². The molecular weight excluding hydrogens is 265 g/mol. The summed E-state index contributed by atoms with van der Waals surface area (Å²) in [5.41, 5.74) is -0.861. The van der Waals surface area contributed by atoms with Crippen molar-refractivity contribution in [2.45, 2.75) is 25.1 Å². The molecule has 2 rings (SSSR count). The van der Waals surface area contributed by atoms with Gasteiger partial charge in [-0.25, -0.2) is 0 Å². The second kappa shape index (κ2) is 5.29. The Morgan fingerprint density at radius 3 is 1.70 bits per heavy atom. The maximum absolute atomic E-state index is 12.6. The van der Waals surface area contributed by atoms with Gasteiger partial charge in [-0.1, -0.05) is 49.4 Å². The van der Waals surface area contributed by atoms with E-state index >= 15 is 0 Å². The molecule has 0 saturated carbocycles. The molecule has 106 valence electrons. The van der Waals surface area contributed by atoms with E-state index in [0.29, 0.717) is 17.5 Å². The lowest BCUT2D eigenvalue weighted by Gasteiger charge is -2.28. The average Bonchev–Trinajstić information content (AvgIpc) is 2.46. The van der Waals surface area contributed by atoms with Crippen LogP contribution in [0, 0.1) is 0 Å². The summed E-state index contributed by atoms with van der Waals surface area (Å²) in [5.74, 6) is 0. The van der Waals surface area contributed by atoms with Gasteiger partial charge in [0.1, 0.15) is 5.60 Å². The minimum atomic E-state index is -4.37. The van der Waals surface area contributed by atoms with Crippen molar-refractivity contribution < 1.29 is 18.3 Å². The molecule has 1 unspecified atom stereocenters. The summed E-state index contributed by atoms with van der Waals surface area (Å²) in [5, 5.41) is 10.8. The molecular formula is C16H15F3O. The van der Waals surface area contributed by atoms with Crippen LogP contribution in [-0.4, -0.2) is 5.11 Å². The van der Waals surface area contributed by atoms with Crippen LogP contribution in [0.2, 0.25) is 0 Å². The molecule has 1 nitrogen and oxygen atoms in total. The van der Waals surface area contributed by atoms with E-state index in [9.17, 15) is 18.3 Å². The van der Waals surface area contributed by atoms with Crippen LogP contribution in [0.5, 0.6) is 0 Å². The molecule has 1 N–H and O–H groups in total. The van der Waals surface area contributed by atoms with Crippen molar-refractivity contribution in [3.63, 3.8) is 0 Å². The van der Waals surface area contributed by atoms with Gasteiger partial charge in [0.25, 0.3) is 0 Å². The van der Waals surface area contributed by atoms with Crippen molar-refractivity contribution in [2.24, 2.45) is 0 Å². The smallest absolute Gasteiger partial charge is 0.380 e. The van der Waals surface area contributed by atoms with Gasteiger partial charge >= 0.3 is 6.18 Å². The summed E-state index contributed by atoms with van der Waals surface area (Å²) in [7, 11) is 0. The third kappa shape index (κ3) is 2.70. The maximum Gasteiger partial charge on any atom is 0.416 e. The van der Waals surface area contributed by atoms with E-state index in [4.69, 9.17) is 0 Å². The molecule has 4 heteroatoms. The van der Waals surface area contributed by atoms with Crippen molar-refractivity contribution >= 4 is 0 Å². The fourth-order valence-electron chi connectivity index (χ4n) is 2.22. The second-order valence-electron chi connectivity index (χ2n) is 4.65. The molecule has 2 aromatic carbocycles. The molecule has 0 aliphatic carbocycles. The zero-order chi connectivity index (χ0) is 14.8. The first-order valence-electron chi connectivity index (χ1n) is 6.33. The molecule has 0 aliphatic heterocycles. The quantitative estimate of drug-likeness (QED) is 0.886. The van der Waals surface area contributed by atoms with Crippen molar-refractivity contribution in [1.29, 1.82) is 0 Å². The van der Waals surface area contributed by atoms with Gasteiger partial charge in [0.2, 0.25) is 0 Å². The molecule has 0 fully saturated rings. The Labute approximate surface area is 115 Å². The van der Waals surface area contributed by atoms with Gasteiger partial charge in [-0.3, -0.25) is 0 Å². The van der Waals surface area contributed by atoms with Crippen molar-refractivity contribution in [3.8, 4) is 0 Å². The summed E-state index contributed by atoms with van der Waals surface area (Å²) in [4.78, 5) is 0. The Morgan fingerprint density at radius 2 is 1.25 bits per heavy atom. The zero-order valence-electron chi connectivity index (χ0n) is 11.0. The maximum atomic E-state index is 12.6. The zero-order valence-corrected chi connectivity index (χ0v) is 11.0. The lowest BCUT2D eigenvalue weighted by Crippen LogP contribution is -2.26. The Kier molecular flexibility index (Phi) is 3.86. The van der Waals surface area contributed by atoms with E-state index in [-0.39, 0.29) is 0 Å². The van der Waals surface area contributed by atoms with Gasteiger partial charge in [0.15, 0.2) is 0 Å². The SMILES string of the molecule is CCC(O)(c1ccccc1)c1ccc(C(F)(F)F)cc1. The van der Waals surface area contributed by atoms with Crippen molar-refractivity contribution in [2.75, 3.05) is 0 Å². The third-order valence-corrected chi connectivity index (χ3v) is 3.45. The van der Waals surface area contributed by atoms with E-state index in [0.717, 1.165) is 12.1 Å². The average molecular weight is 280 g/mol. The molecule has 0 radical (unpaired) electrons. The number of hydrogen-bond donors (Lipinski definition) is 1. The number of benzene rings is 2. The van der Waals surface area contributed by atoms with Crippen LogP contribution in [0.25, 0.3) is 0 Å². The predicted molar refractivity (Wildman–Crippen MR) is 71.2 cm³/mol. The minimum absolute atomic E-state index is 0.377. The van der Waals surface area contributed by atoms with Crippen LogP contribution < -0.4 is 0 Å². The lowest BCUT2D eigenvalue weighted by atomic mass is 9.84. The molecule has 0 aliphatic rings. The number of hydrogen-bond acceptors (Lipinski definition) is 1. The molecule has 0 heterocycles. The number of alkyl halides is 3. The van der Waals surface area contributed by atoms with Crippen LogP contribution in [0.1, 0.15) is 30.0 Å². The van der Waals surface area contributed by atoms with E-state index < -0.39 is 17.3 Å². The first-order chi connectivity index (χ1) is 9.38. The van der Waals surface area contributed by atoms with E-state index in [1.165, 1.54) is 12.1 Å². The Balaban J connectivity index is 2.43. The molecule has 0 saturated heterocycles. The summed E-state index contributed by atoms with van der Waals surface area (Å²) in [6.07, 6.45) is -3.99. The van der Waals surface area contributed by atoms with E-state index in [2.05, 4.69) is 0 Å². The van der Waals surface area contributed by atoms with Gasteiger partial charge < -0.3 is 5.11 Å². The predicted octanol–water partition coefficient (Wildman–Crippen LogP) is 4.35. The highest BCUT2D eigenvalue weighted by Crippen LogP contribution is 2.35. The monoisotopic (exact) mass is 280 g/mol. The first-order valence-corrected chi connectivity index (χ1v) is 6.33. The van der Waals surface area contributed by atoms with Crippen LogP contribution >= 0.6 is 0 Å². The van der Waals surface area contributed by atoms with E-state index in [1.54, 1.807) is 31.2 Å². The lowest BCUT2D eigenvalue weighted by molar-refractivity contribution is -0.137. The molecule has 0 bridgehead atoms. The number of rotatable bonds is 3. The van der Waals surface area contributed by atoms with Gasteiger partial charge in [0.05, 0.1) is 5.56 Å². The topological polar surface area (TPSA) is 20.2 Å². The highest BCUT2D eigenvalue weighted by Gasteiger charge is 2.33. The fraction of sp³-hybridized carbons (Fsp3) is 0.250. The first kappa shape index (κ1) is 14.6. The molecule has 0 aromatic heterocycles. The Bertz CT molecular complexity index is 561. The highest BCUT2D eigenvalue weighted by atomic mass is 19.4. The molecule has 20 heavy (non-hydrogen) atoms. The normalized spacial score (nSPS) is 14.8. The number of aliphatic hydroxyl groups is 1. The summed E-state index contributed by atoms with van der Waals surface area (Å²) >= 11 is 0. The summed E-state index contributed by atoms with van der Waals surface area (Å²) in [6, 6.07) is 13.6. The van der Waals surface area contributed by atoms with Gasteiger partial charge in [-0.05, 0) is 29.7 Å². The molecule has 0 amide bonds. The standard InChI is InChI=1S/C16H15F3O/c1-2-15(20,12-6-4-3-5-7-12)13-8-10-14(11-9-13)16(17,18)19/h3-11,20H,2H2,1H3. The molecule has 1 atom stereocenters. The van der Waals surface area contributed by atoms with Crippen LogP contribution in [0.15, 0.2) is 54.6 Å². The molecule has 0 spiro atoms. The highest BCUT2D eigenvalue weighted by molar-refractivity contribution is 5.37. The Morgan fingerprint density at radius 1 is 0.800 bits per heavy atom. The summed E-state index contributed by atoms with van der Waals surface area (Å²) in [6.45, 7) is 1.80. The van der Waals surface area contributed by atoms with Crippen LogP contribution in [-0.2, 0) is 11.8 Å². The van der Waals surface area contributed by atoms with Gasteiger partial charge in [-0.2, -0.15) is 13.2 Å². The fourth-order valence-corrected chi connectivity index (χ4v) is 2.22. The van der Waals surface area contributed by atoms with Crippen molar-refractivity contribution in [3.05, 3.63) is 71.3 Å². The van der Waals surface area contributed by atoms with Crippen LogP contribution in [0.3, 0.4) is 0 Å². The van der Waals surface area contributed by atoms with Gasteiger partial charge in [0, 0.05) is 0 Å². The molecule has 2 aromatic rings. The third-order valence-electron chi connectivity index (χ3n) is 3.45. The number of halogens is 3. The Hall–Kier alpha value is -1.81. The summed E-state index contributed by atoms with van der Waals surface area (Å²) < 4.78 is 37.7. The minimum Gasteiger partial charge on any atom is -0.380 e. The second-order valence-corrected chi connectivity index (χ2v) is 4.65. The van der Waals surface area contributed by atoms with Crippen LogP contribution in [0.4, 0.5) is 13.2 Å². The largest absolute Gasteiger partial charge is 0.416 e. The van der Waals surface area contributed by atoms with Crippen molar-refractivity contribution in [1.82, 2.24) is 0 Å². The van der Waals surface area contributed by atoms with E-state index in [1.807, 2.05) is 6.07 Å².